The molecule has 0 aromatic carbocycles. The van der Waals surface area contributed by atoms with E-state index in [0.29, 0.717) is 12.6 Å². The number of hydrogen-bond acceptors (Lipinski definition) is 3. The second-order valence-electron chi connectivity index (χ2n) is 5.56. The maximum absolute atomic E-state index is 11.7. The third kappa shape index (κ3) is 6.44. The number of nitrogens with one attached hydrogen (secondary N) is 1. The molecule has 3 nitrogen and oxygen atoms in total. The van der Waals surface area contributed by atoms with Gasteiger partial charge in [-0.05, 0) is 44.4 Å². The largest absolute Gasteiger partial charge is 0.378 e. The van der Waals surface area contributed by atoms with Gasteiger partial charge in [0.15, 0.2) is 0 Å². The Morgan fingerprint density at radius 3 is 2.90 bits per heavy atom. The molecule has 1 aromatic rings. The standard InChI is InChI=1S/C17H25NO2S/c1-14-8-9-16(21-14)10-11-17(19)18-12-5-13-20-15-6-3-2-4-7-15/h8-11,15H,2-7,12-13H2,1H3,(H,18,19). The van der Waals surface area contributed by atoms with Crippen LogP contribution in [0.15, 0.2) is 18.2 Å². The van der Waals surface area contributed by atoms with Crippen molar-refractivity contribution < 1.29 is 9.53 Å². The molecular weight excluding hydrogens is 282 g/mol. The molecule has 1 heterocycles. The van der Waals surface area contributed by atoms with Crippen LogP contribution < -0.4 is 5.32 Å². The third-order valence-electron chi connectivity index (χ3n) is 3.69. The zero-order valence-electron chi connectivity index (χ0n) is 12.8. The molecule has 1 aliphatic rings. The molecule has 21 heavy (non-hydrogen) atoms. The number of carbonyl (C=O) groups excluding carboxylic acids is 1. The monoisotopic (exact) mass is 307 g/mol. The first kappa shape index (κ1) is 16.2. The Bertz CT molecular complexity index is 461. The van der Waals surface area contributed by atoms with Gasteiger partial charge in [-0.1, -0.05) is 19.3 Å². The predicted molar refractivity (Wildman–Crippen MR) is 88.5 cm³/mol. The van der Waals surface area contributed by atoms with E-state index in [1.165, 1.54) is 37.0 Å². The van der Waals surface area contributed by atoms with Gasteiger partial charge in [-0.3, -0.25) is 4.79 Å². The molecule has 0 aliphatic heterocycles. The summed E-state index contributed by atoms with van der Waals surface area (Å²) in [6.07, 6.45) is 11.2. The normalized spacial score (nSPS) is 16.4. The second-order valence-corrected chi connectivity index (χ2v) is 6.88. The third-order valence-corrected chi connectivity index (χ3v) is 4.65. The van der Waals surface area contributed by atoms with Crippen molar-refractivity contribution in [1.82, 2.24) is 5.32 Å². The Hall–Kier alpha value is -1.13. The molecule has 0 radical (unpaired) electrons. The average molecular weight is 307 g/mol. The summed E-state index contributed by atoms with van der Waals surface area (Å²) in [5.74, 6) is -0.0290. The van der Waals surface area contributed by atoms with Crippen molar-refractivity contribution in [2.45, 2.75) is 51.6 Å². The molecule has 1 N–H and O–H groups in total. The molecule has 0 unspecified atom stereocenters. The first-order chi connectivity index (χ1) is 10.2. The number of carbonyl (C=O) groups is 1. The van der Waals surface area contributed by atoms with E-state index in [4.69, 9.17) is 4.74 Å². The Morgan fingerprint density at radius 2 is 2.19 bits per heavy atom. The Balaban J connectivity index is 1.53. The Kier molecular flexibility index (Phi) is 6.96. The number of amides is 1. The fourth-order valence-corrected chi connectivity index (χ4v) is 3.31. The number of hydrogen-bond donors (Lipinski definition) is 1. The van der Waals surface area contributed by atoms with Gasteiger partial charge in [-0.2, -0.15) is 0 Å². The fourth-order valence-electron chi connectivity index (χ4n) is 2.53. The molecule has 1 saturated carbocycles. The highest BCUT2D eigenvalue weighted by Gasteiger charge is 2.12. The highest BCUT2D eigenvalue weighted by atomic mass is 32.1. The van der Waals surface area contributed by atoms with Crippen molar-refractivity contribution >= 4 is 23.3 Å². The summed E-state index contributed by atoms with van der Waals surface area (Å²) >= 11 is 1.69. The molecule has 4 heteroatoms. The second kappa shape index (κ2) is 9.00. The van der Waals surface area contributed by atoms with E-state index in [0.717, 1.165) is 17.9 Å². The summed E-state index contributed by atoms with van der Waals surface area (Å²) in [5, 5.41) is 2.90. The van der Waals surface area contributed by atoms with Gasteiger partial charge in [-0.25, -0.2) is 0 Å². The van der Waals surface area contributed by atoms with E-state index in [1.54, 1.807) is 17.4 Å². The zero-order chi connectivity index (χ0) is 14.9. The van der Waals surface area contributed by atoms with Crippen LogP contribution in [0.5, 0.6) is 0 Å². The van der Waals surface area contributed by atoms with Gasteiger partial charge in [0, 0.05) is 29.0 Å². The van der Waals surface area contributed by atoms with Crippen molar-refractivity contribution in [2.75, 3.05) is 13.2 Å². The maximum atomic E-state index is 11.7. The smallest absolute Gasteiger partial charge is 0.244 e. The predicted octanol–water partition coefficient (Wildman–Crippen LogP) is 3.93. The molecule has 1 aliphatic carbocycles. The maximum Gasteiger partial charge on any atom is 0.244 e. The van der Waals surface area contributed by atoms with Gasteiger partial charge < -0.3 is 10.1 Å². The van der Waals surface area contributed by atoms with E-state index < -0.39 is 0 Å². The Labute approximate surface area is 131 Å². The average Bonchev–Trinajstić information content (AvgIpc) is 2.91. The van der Waals surface area contributed by atoms with Gasteiger partial charge in [-0.15, -0.1) is 11.3 Å². The van der Waals surface area contributed by atoms with E-state index >= 15 is 0 Å². The van der Waals surface area contributed by atoms with E-state index in [9.17, 15) is 4.79 Å². The zero-order valence-corrected chi connectivity index (χ0v) is 13.6. The minimum Gasteiger partial charge on any atom is -0.378 e. The molecule has 0 atom stereocenters. The van der Waals surface area contributed by atoms with E-state index in [1.807, 2.05) is 12.1 Å². The quantitative estimate of drug-likeness (QED) is 0.612. The minimum atomic E-state index is -0.0290. The lowest BCUT2D eigenvalue weighted by molar-refractivity contribution is -0.116. The van der Waals surface area contributed by atoms with Crippen molar-refractivity contribution in [3.05, 3.63) is 28.0 Å². The lowest BCUT2D eigenvalue weighted by Gasteiger charge is -2.21. The SMILES string of the molecule is Cc1ccc(C=CC(=O)NCCCOC2CCCCC2)s1. The fraction of sp³-hybridized carbons (Fsp3) is 0.588. The summed E-state index contributed by atoms with van der Waals surface area (Å²) in [6.45, 7) is 3.49. The topological polar surface area (TPSA) is 38.3 Å². The molecule has 0 saturated heterocycles. The molecule has 0 bridgehead atoms. The van der Waals surface area contributed by atoms with Crippen LogP contribution in [-0.2, 0) is 9.53 Å². The lowest BCUT2D eigenvalue weighted by atomic mass is 9.98. The van der Waals surface area contributed by atoms with E-state index in [2.05, 4.69) is 18.3 Å². The van der Waals surface area contributed by atoms with Crippen LogP contribution >= 0.6 is 11.3 Å². The van der Waals surface area contributed by atoms with E-state index in [-0.39, 0.29) is 5.91 Å². The van der Waals surface area contributed by atoms with Crippen LogP contribution in [0.2, 0.25) is 0 Å². The molecule has 116 valence electrons. The van der Waals surface area contributed by atoms with Crippen molar-refractivity contribution in [2.24, 2.45) is 0 Å². The van der Waals surface area contributed by atoms with Crippen LogP contribution in [-0.4, -0.2) is 25.2 Å². The highest BCUT2D eigenvalue weighted by Crippen LogP contribution is 2.20. The van der Waals surface area contributed by atoms with Gasteiger partial charge in [0.25, 0.3) is 0 Å². The lowest BCUT2D eigenvalue weighted by Crippen LogP contribution is -2.24. The van der Waals surface area contributed by atoms with Gasteiger partial charge in [0.2, 0.25) is 5.91 Å². The molecule has 1 aromatic heterocycles. The highest BCUT2D eigenvalue weighted by molar-refractivity contribution is 7.12. The first-order valence-electron chi connectivity index (χ1n) is 7.88. The number of rotatable bonds is 7. The Morgan fingerprint density at radius 1 is 1.38 bits per heavy atom. The number of aryl methyl sites for hydroxylation is 1. The van der Waals surface area contributed by atoms with Crippen LogP contribution in [0.1, 0.15) is 48.3 Å². The first-order valence-corrected chi connectivity index (χ1v) is 8.69. The molecule has 1 amide bonds. The molecule has 2 rings (SSSR count). The van der Waals surface area contributed by atoms with Gasteiger partial charge in [0.05, 0.1) is 6.10 Å². The van der Waals surface area contributed by atoms with Crippen LogP contribution in [0, 0.1) is 6.92 Å². The molecule has 1 fully saturated rings. The van der Waals surface area contributed by atoms with Crippen molar-refractivity contribution in [1.29, 1.82) is 0 Å². The van der Waals surface area contributed by atoms with Gasteiger partial charge >= 0.3 is 0 Å². The van der Waals surface area contributed by atoms with Crippen molar-refractivity contribution in [3.8, 4) is 0 Å². The van der Waals surface area contributed by atoms with Crippen LogP contribution in [0.25, 0.3) is 6.08 Å². The summed E-state index contributed by atoms with van der Waals surface area (Å²) in [4.78, 5) is 14.0. The number of ether oxygens (including phenoxy) is 1. The summed E-state index contributed by atoms with van der Waals surface area (Å²) in [6, 6.07) is 4.09. The number of thiophene rings is 1. The molecular formula is C17H25NO2S. The van der Waals surface area contributed by atoms with Crippen molar-refractivity contribution in [3.63, 3.8) is 0 Å². The minimum absolute atomic E-state index is 0.0290. The van der Waals surface area contributed by atoms with Gasteiger partial charge in [0.1, 0.15) is 0 Å². The summed E-state index contributed by atoms with van der Waals surface area (Å²) in [5.41, 5.74) is 0. The van der Waals surface area contributed by atoms with Crippen LogP contribution in [0.4, 0.5) is 0 Å². The summed E-state index contributed by atoms with van der Waals surface area (Å²) in [7, 11) is 0. The van der Waals surface area contributed by atoms with Crippen LogP contribution in [0.3, 0.4) is 0 Å². The molecule has 0 spiro atoms. The summed E-state index contributed by atoms with van der Waals surface area (Å²) < 4.78 is 5.83.